The quantitative estimate of drug-likeness (QED) is 0.233. The number of aliphatic hydroxyl groups excluding tert-OH is 6. The zero-order valence-electron chi connectivity index (χ0n) is 14.0. The van der Waals surface area contributed by atoms with Gasteiger partial charge in [-0.3, -0.25) is 0 Å². The highest BCUT2D eigenvalue weighted by molar-refractivity contribution is 5.87. The highest BCUT2D eigenvalue weighted by atomic mass is 16.8. The number of fused-ring (bicyclic) bond motifs is 1. The van der Waals surface area contributed by atoms with Crippen LogP contribution >= 0.6 is 0 Å². The average Bonchev–Trinajstić information content (AvgIpc) is 2.99. The van der Waals surface area contributed by atoms with Crippen LogP contribution < -0.4 is 0 Å². The molecule has 1 saturated heterocycles. The highest BCUT2D eigenvalue weighted by Gasteiger charge is 2.51. The van der Waals surface area contributed by atoms with Crippen molar-refractivity contribution in [3.63, 3.8) is 0 Å². The summed E-state index contributed by atoms with van der Waals surface area (Å²) in [5.41, 5.74) is 0.0785. The van der Waals surface area contributed by atoms with Gasteiger partial charge < -0.3 is 50.0 Å². The van der Waals surface area contributed by atoms with E-state index in [1.807, 2.05) is 0 Å². The predicted octanol–water partition coefficient (Wildman–Crippen LogP) is -3.35. The number of rotatable bonds is 5. The van der Waals surface area contributed by atoms with Crippen LogP contribution in [0.2, 0.25) is 0 Å². The fourth-order valence-corrected chi connectivity index (χ4v) is 3.68. The van der Waals surface area contributed by atoms with Crippen LogP contribution in [0.3, 0.4) is 0 Å². The van der Waals surface area contributed by atoms with E-state index < -0.39 is 74.1 Å². The molecule has 0 aromatic heterocycles. The number of ether oxygens (including phenoxy) is 3. The molecule has 9 atom stereocenters. The predicted molar refractivity (Wildman–Crippen MR) is 83.6 cm³/mol. The van der Waals surface area contributed by atoms with E-state index in [2.05, 4.69) is 0 Å². The molecule has 0 aromatic rings. The molecule has 0 radical (unpaired) electrons. The monoisotopic (exact) mass is 390 g/mol. The summed E-state index contributed by atoms with van der Waals surface area (Å²) >= 11 is 0. The fourth-order valence-electron chi connectivity index (χ4n) is 3.68. The summed E-state index contributed by atoms with van der Waals surface area (Å²) in [7, 11) is 0. The van der Waals surface area contributed by atoms with Crippen molar-refractivity contribution in [2.75, 3.05) is 13.2 Å². The minimum absolute atomic E-state index is 0.208. The molecule has 1 fully saturated rings. The van der Waals surface area contributed by atoms with Crippen molar-refractivity contribution < 1.29 is 54.8 Å². The molecule has 0 bridgehead atoms. The maximum Gasteiger partial charge on any atom is 0.335 e. The third-order valence-corrected chi connectivity index (χ3v) is 5.10. The number of carboxylic acid groups (broad SMARTS) is 1. The summed E-state index contributed by atoms with van der Waals surface area (Å²) in [5.74, 6) is -3.13. The summed E-state index contributed by atoms with van der Waals surface area (Å²) in [6.07, 6.45) is -7.83. The SMILES string of the molecule is O=C(O)C1=CO[C@@H](O[C@@H]2O[C@H](CO)[C@H](O)[C@H](O)[C@H]2O)[C@@H]2C(CO)=C[C@@H](O)[C@H]12. The van der Waals surface area contributed by atoms with E-state index in [4.69, 9.17) is 14.2 Å². The van der Waals surface area contributed by atoms with Gasteiger partial charge in [0.2, 0.25) is 6.29 Å². The number of aliphatic carboxylic acids is 1. The van der Waals surface area contributed by atoms with Gasteiger partial charge >= 0.3 is 5.97 Å². The van der Waals surface area contributed by atoms with Crippen LogP contribution in [-0.4, -0.2) is 98.0 Å². The largest absolute Gasteiger partial charge is 0.478 e. The molecule has 11 nitrogen and oxygen atoms in total. The highest BCUT2D eigenvalue weighted by Crippen LogP contribution is 2.44. The smallest absolute Gasteiger partial charge is 0.335 e. The Bertz CT molecular complexity index is 630. The summed E-state index contributed by atoms with van der Waals surface area (Å²) in [6, 6.07) is 0. The van der Waals surface area contributed by atoms with Gasteiger partial charge in [-0.15, -0.1) is 0 Å². The molecule has 152 valence electrons. The standard InChI is InChI=1S/C16H22O11/c17-2-5-1-7(19)10-6(14(23)24)4-25-15(9(5)10)27-16-13(22)12(21)11(20)8(3-18)26-16/h1,4,7-13,15-22H,2-3H2,(H,23,24)/t7-,8-,9-,10+,11+,12+,13-,15+,16+/m1/s1. The maximum absolute atomic E-state index is 11.4. The molecule has 3 rings (SSSR count). The number of hydrogen-bond acceptors (Lipinski definition) is 10. The molecule has 0 amide bonds. The Balaban J connectivity index is 1.84. The Morgan fingerprint density at radius 1 is 1.04 bits per heavy atom. The van der Waals surface area contributed by atoms with Gasteiger partial charge in [-0.25, -0.2) is 4.79 Å². The lowest BCUT2D eigenvalue weighted by Gasteiger charge is -2.43. The Morgan fingerprint density at radius 3 is 2.33 bits per heavy atom. The van der Waals surface area contributed by atoms with E-state index in [0.717, 1.165) is 6.26 Å². The van der Waals surface area contributed by atoms with Crippen molar-refractivity contribution >= 4 is 5.97 Å². The number of carboxylic acids is 1. The van der Waals surface area contributed by atoms with Gasteiger partial charge in [0.25, 0.3) is 0 Å². The van der Waals surface area contributed by atoms with Gasteiger partial charge in [0, 0.05) is 5.92 Å². The third kappa shape index (κ3) is 3.48. The molecular formula is C16H22O11. The average molecular weight is 390 g/mol. The molecule has 2 heterocycles. The molecule has 2 aliphatic heterocycles. The first-order chi connectivity index (χ1) is 12.8. The zero-order chi connectivity index (χ0) is 19.9. The zero-order valence-corrected chi connectivity index (χ0v) is 14.0. The summed E-state index contributed by atoms with van der Waals surface area (Å²) in [5, 5.41) is 68.0. The summed E-state index contributed by atoms with van der Waals surface area (Å²) < 4.78 is 16.1. The molecular weight excluding hydrogens is 368 g/mol. The van der Waals surface area contributed by atoms with Crippen LogP contribution in [0, 0.1) is 11.8 Å². The number of aliphatic hydroxyl groups is 6. The molecule has 1 aliphatic carbocycles. The van der Waals surface area contributed by atoms with E-state index in [-0.39, 0.29) is 11.1 Å². The minimum atomic E-state index is -1.68. The van der Waals surface area contributed by atoms with E-state index in [9.17, 15) is 40.5 Å². The van der Waals surface area contributed by atoms with Gasteiger partial charge in [-0.1, -0.05) is 6.08 Å². The summed E-state index contributed by atoms with van der Waals surface area (Å²) in [4.78, 5) is 11.4. The summed E-state index contributed by atoms with van der Waals surface area (Å²) in [6.45, 7) is -1.13. The van der Waals surface area contributed by atoms with Gasteiger partial charge in [-0.05, 0) is 5.57 Å². The van der Waals surface area contributed by atoms with Crippen molar-refractivity contribution in [1.29, 1.82) is 0 Å². The Morgan fingerprint density at radius 2 is 1.74 bits per heavy atom. The maximum atomic E-state index is 11.4. The van der Waals surface area contributed by atoms with Crippen LogP contribution in [-0.2, 0) is 19.0 Å². The first kappa shape index (κ1) is 20.2. The van der Waals surface area contributed by atoms with Crippen molar-refractivity contribution in [2.45, 2.75) is 43.1 Å². The molecule has 0 spiro atoms. The fraction of sp³-hybridized carbons (Fsp3) is 0.688. The van der Waals surface area contributed by atoms with Gasteiger partial charge in [0.05, 0.1) is 37.1 Å². The second kappa shape index (κ2) is 7.81. The molecule has 11 heteroatoms. The van der Waals surface area contributed by atoms with Crippen LogP contribution in [0.25, 0.3) is 0 Å². The number of hydrogen-bond donors (Lipinski definition) is 7. The van der Waals surface area contributed by atoms with E-state index in [1.165, 1.54) is 6.08 Å². The molecule has 27 heavy (non-hydrogen) atoms. The molecule has 0 saturated carbocycles. The van der Waals surface area contributed by atoms with Crippen molar-refractivity contribution in [3.8, 4) is 0 Å². The molecule has 7 N–H and O–H groups in total. The molecule has 0 unspecified atom stereocenters. The Labute approximate surface area is 153 Å². The second-order valence-corrected chi connectivity index (χ2v) is 6.66. The molecule has 0 aromatic carbocycles. The Hall–Kier alpha value is -1.57. The first-order valence-corrected chi connectivity index (χ1v) is 8.34. The van der Waals surface area contributed by atoms with Crippen LogP contribution in [0.4, 0.5) is 0 Å². The van der Waals surface area contributed by atoms with Crippen molar-refractivity contribution in [1.82, 2.24) is 0 Å². The van der Waals surface area contributed by atoms with Gasteiger partial charge in [-0.2, -0.15) is 0 Å². The minimum Gasteiger partial charge on any atom is -0.478 e. The topological polar surface area (TPSA) is 186 Å². The Kier molecular flexibility index (Phi) is 5.84. The van der Waals surface area contributed by atoms with Crippen LogP contribution in [0.1, 0.15) is 0 Å². The lowest BCUT2D eigenvalue weighted by Crippen LogP contribution is -2.60. The van der Waals surface area contributed by atoms with Crippen LogP contribution in [0.5, 0.6) is 0 Å². The normalized spacial score (nSPS) is 44.1. The third-order valence-electron chi connectivity index (χ3n) is 5.10. The van der Waals surface area contributed by atoms with Gasteiger partial charge in [0.1, 0.15) is 24.4 Å². The van der Waals surface area contributed by atoms with Gasteiger partial charge in [0.15, 0.2) is 6.29 Å². The lowest BCUT2D eigenvalue weighted by atomic mass is 9.82. The van der Waals surface area contributed by atoms with Crippen LogP contribution in [0.15, 0.2) is 23.5 Å². The van der Waals surface area contributed by atoms with E-state index in [0.29, 0.717) is 0 Å². The van der Waals surface area contributed by atoms with Crippen molar-refractivity contribution in [3.05, 3.63) is 23.5 Å². The van der Waals surface area contributed by atoms with Crippen molar-refractivity contribution in [2.24, 2.45) is 11.8 Å². The van der Waals surface area contributed by atoms with E-state index >= 15 is 0 Å². The second-order valence-electron chi connectivity index (χ2n) is 6.66. The molecule has 3 aliphatic rings. The van der Waals surface area contributed by atoms with E-state index in [1.54, 1.807) is 0 Å². The lowest BCUT2D eigenvalue weighted by molar-refractivity contribution is -0.340. The first-order valence-electron chi connectivity index (χ1n) is 8.34. The number of carbonyl (C=O) groups is 1.